The minimum Gasteiger partial charge on any atom is -0.495 e. The number of methoxy groups -OCH3 is 1. The summed E-state index contributed by atoms with van der Waals surface area (Å²) in [6.07, 6.45) is 1.13. The van der Waals surface area contributed by atoms with E-state index >= 15 is 0 Å². The number of hydrogen-bond donors (Lipinski definition) is 2. The van der Waals surface area contributed by atoms with Gasteiger partial charge < -0.3 is 15.4 Å². The predicted molar refractivity (Wildman–Crippen MR) is 76.6 cm³/mol. The van der Waals surface area contributed by atoms with Gasteiger partial charge in [0.25, 0.3) is 0 Å². The standard InChI is InChI=1S/C15H24N2O/c1-10-6-11(2)14(13(7-10)18-5)17-12-8-15(3,4)16-9-12/h6-7,12,16-17H,8-9H2,1-5H3. The lowest BCUT2D eigenvalue weighted by atomic mass is 10.0. The van der Waals surface area contributed by atoms with Gasteiger partial charge in [0.2, 0.25) is 0 Å². The van der Waals surface area contributed by atoms with E-state index in [0.717, 1.165) is 24.4 Å². The molecule has 1 aromatic rings. The topological polar surface area (TPSA) is 33.3 Å². The molecule has 1 aliphatic heterocycles. The third-order valence-electron chi connectivity index (χ3n) is 3.60. The minimum atomic E-state index is 0.226. The third-order valence-corrected chi connectivity index (χ3v) is 3.60. The Hall–Kier alpha value is -1.22. The van der Waals surface area contributed by atoms with E-state index in [0.29, 0.717) is 6.04 Å². The van der Waals surface area contributed by atoms with Crippen molar-refractivity contribution in [2.75, 3.05) is 19.0 Å². The molecule has 2 rings (SSSR count). The van der Waals surface area contributed by atoms with Gasteiger partial charge >= 0.3 is 0 Å². The largest absolute Gasteiger partial charge is 0.495 e. The van der Waals surface area contributed by atoms with Crippen molar-refractivity contribution in [1.82, 2.24) is 5.32 Å². The highest BCUT2D eigenvalue weighted by Crippen LogP contribution is 2.32. The fourth-order valence-electron chi connectivity index (χ4n) is 2.74. The molecule has 0 spiro atoms. The monoisotopic (exact) mass is 248 g/mol. The molecule has 0 radical (unpaired) electrons. The van der Waals surface area contributed by atoms with Gasteiger partial charge in [-0.2, -0.15) is 0 Å². The molecular formula is C15H24N2O. The van der Waals surface area contributed by atoms with Crippen LogP contribution < -0.4 is 15.4 Å². The molecule has 1 heterocycles. The average Bonchev–Trinajstić information content (AvgIpc) is 2.61. The van der Waals surface area contributed by atoms with Crippen LogP contribution in [0.15, 0.2) is 12.1 Å². The second-order valence-electron chi connectivity index (χ2n) is 5.97. The average molecular weight is 248 g/mol. The van der Waals surface area contributed by atoms with E-state index in [2.05, 4.69) is 50.5 Å². The number of ether oxygens (including phenoxy) is 1. The molecule has 1 saturated heterocycles. The molecule has 1 aliphatic rings. The molecular weight excluding hydrogens is 224 g/mol. The van der Waals surface area contributed by atoms with Crippen molar-refractivity contribution in [3.63, 3.8) is 0 Å². The molecule has 1 atom stereocenters. The van der Waals surface area contributed by atoms with Gasteiger partial charge in [0.05, 0.1) is 12.8 Å². The molecule has 18 heavy (non-hydrogen) atoms. The summed E-state index contributed by atoms with van der Waals surface area (Å²) < 4.78 is 5.49. The van der Waals surface area contributed by atoms with Crippen molar-refractivity contribution >= 4 is 5.69 Å². The highest BCUT2D eigenvalue weighted by Gasteiger charge is 2.30. The van der Waals surface area contributed by atoms with Crippen LogP contribution in [-0.2, 0) is 0 Å². The first-order valence-electron chi connectivity index (χ1n) is 6.58. The lowest BCUT2D eigenvalue weighted by molar-refractivity contribution is 0.415. The van der Waals surface area contributed by atoms with Gasteiger partial charge in [0.1, 0.15) is 5.75 Å². The fraction of sp³-hybridized carbons (Fsp3) is 0.600. The fourth-order valence-corrected chi connectivity index (χ4v) is 2.74. The summed E-state index contributed by atoms with van der Waals surface area (Å²) >= 11 is 0. The van der Waals surface area contributed by atoms with Gasteiger partial charge in [-0.15, -0.1) is 0 Å². The zero-order chi connectivity index (χ0) is 13.3. The van der Waals surface area contributed by atoms with Crippen LogP contribution in [0.2, 0.25) is 0 Å². The zero-order valence-electron chi connectivity index (χ0n) is 12.1. The maximum Gasteiger partial charge on any atom is 0.142 e. The Labute approximate surface area is 110 Å². The summed E-state index contributed by atoms with van der Waals surface area (Å²) in [4.78, 5) is 0. The second-order valence-corrected chi connectivity index (χ2v) is 5.97. The Morgan fingerprint density at radius 3 is 2.61 bits per heavy atom. The number of nitrogens with one attached hydrogen (secondary N) is 2. The summed E-state index contributed by atoms with van der Waals surface area (Å²) in [5.74, 6) is 0.942. The van der Waals surface area contributed by atoms with E-state index in [1.54, 1.807) is 7.11 Å². The Kier molecular flexibility index (Phi) is 3.53. The van der Waals surface area contributed by atoms with Crippen LogP contribution in [0.3, 0.4) is 0 Å². The first-order chi connectivity index (χ1) is 8.41. The van der Waals surface area contributed by atoms with Gasteiger partial charge in [-0.1, -0.05) is 6.07 Å². The van der Waals surface area contributed by atoms with E-state index in [1.165, 1.54) is 11.1 Å². The van der Waals surface area contributed by atoms with Crippen molar-refractivity contribution in [1.29, 1.82) is 0 Å². The first-order valence-corrected chi connectivity index (χ1v) is 6.58. The van der Waals surface area contributed by atoms with E-state index in [-0.39, 0.29) is 5.54 Å². The number of rotatable bonds is 3. The van der Waals surface area contributed by atoms with Gasteiger partial charge in [0.15, 0.2) is 0 Å². The molecule has 0 aromatic heterocycles. The quantitative estimate of drug-likeness (QED) is 0.863. The summed E-state index contributed by atoms with van der Waals surface area (Å²) in [7, 11) is 1.73. The molecule has 3 nitrogen and oxygen atoms in total. The Balaban J connectivity index is 2.19. The van der Waals surface area contributed by atoms with Crippen LogP contribution in [0.25, 0.3) is 0 Å². The summed E-state index contributed by atoms with van der Waals surface area (Å²) in [5.41, 5.74) is 3.84. The molecule has 1 unspecified atom stereocenters. The van der Waals surface area contributed by atoms with Crippen molar-refractivity contribution in [3.8, 4) is 5.75 Å². The smallest absolute Gasteiger partial charge is 0.142 e. The normalized spacial score (nSPS) is 21.9. The Morgan fingerprint density at radius 1 is 1.33 bits per heavy atom. The lowest BCUT2D eigenvalue weighted by Gasteiger charge is -2.20. The van der Waals surface area contributed by atoms with Crippen molar-refractivity contribution in [2.24, 2.45) is 0 Å². The van der Waals surface area contributed by atoms with Gasteiger partial charge in [-0.3, -0.25) is 0 Å². The van der Waals surface area contributed by atoms with Crippen LogP contribution in [0.5, 0.6) is 5.75 Å². The first kappa shape index (κ1) is 13.2. The molecule has 0 aliphatic carbocycles. The summed E-state index contributed by atoms with van der Waals surface area (Å²) in [5, 5.41) is 7.16. The number of benzene rings is 1. The maximum absolute atomic E-state index is 5.49. The summed E-state index contributed by atoms with van der Waals surface area (Å²) in [6, 6.07) is 4.75. The molecule has 0 bridgehead atoms. The third kappa shape index (κ3) is 2.78. The van der Waals surface area contributed by atoms with Crippen LogP contribution in [0.1, 0.15) is 31.4 Å². The number of hydrogen-bond acceptors (Lipinski definition) is 3. The van der Waals surface area contributed by atoms with E-state index in [4.69, 9.17) is 4.74 Å². The lowest BCUT2D eigenvalue weighted by Crippen LogP contribution is -2.31. The highest BCUT2D eigenvalue weighted by atomic mass is 16.5. The molecule has 2 N–H and O–H groups in total. The zero-order valence-corrected chi connectivity index (χ0v) is 12.1. The SMILES string of the molecule is COc1cc(C)cc(C)c1NC1CNC(C)(C)C1. The Morgan fingerprint density at radius 2 is 2.06 bits per heavy atom. The maximum atomic E-state index is 5.49. The highest BCUT2D eigenvalue weighted by molar-refractivity contribution is 5.63. The van der Waals surface area contributed by atoms with Crippen molar-refractivity contribution in [3.05, 3.63) is 23.3 Å². The Bertz CT molecular complexity index is 440. The minimum absolute atomic E-state index is 0.226. The van der Waals surface area contributed by atoms with Crippen molar-refractivity contribution in [2.45, 2.75) is 45.7 Å². The molecule has 100 valence electrons. The molecule has 1 aromatic carbocycles. The number of aryl methyl sites for hydroxylation is 2. The molecule has 3 heteroatoms. The summed E-state index contributed by atoms with van der Waals surface area (Å²) in [6.45, 7) is 9.72. The van der Waals surface area contributed by atoms with E-state index in [9.17, 15) is 0 Å². The van der Waals surface area contributed by atoms with Gasteiger partial charge in [0, 0.05) is 18.1 Å². The van der Waals surface area contributed by atoms with Gasteiger partial charge in [-0.25, -0.2) is 0 Å². The van der Waals surface area contributed by atoms with Crippen LogP contribution in [0.4, 0.5) is 5.69 Å². The molecule has 1 fully saturated rings. The van der Waals surface area contributed by atoms with Crippen LogP contribution in [-0.4, -0.2) is 25.2 Å². The molecule has 0 saturated carbocycles. The predicted octanol–water partition coefficient (Wildman–Crippen LogP) is 2.86. The van der Waals surface area contributed by atoms with Crippen molar-refractivity contribution < 1.29 is 4.74 Å². The van der Waals surface area contributed by atoms with Gasteiger partial charge in [-0.05, 0) is 51.3 Å². The van der Waals surface area contributed by atoms with E-state index in [1.807, 2.05) is 0 Å². The molecule has 0 amide bonds. The number of anilines is 1. The van der Waals surface area contributed by atoms with Crippen LogP contribution >= 0.6 is 0 Å². The van der Waals surface area contributed by atoms with E-state index < -0.39 is 0 Å². The van der Waals surface area contributed by atoms with Crippen LogP contribution in [0, 0.1) is 13.8 Å². The second kappa shape index (κ2) is 4.81.